The molecule has 0 unspecified atom stereocenters. The Bertz CT molecular complexity index is 461. The Balaban J connectivity index is 1.61. The zero-order valence-corrected chi connectivity index (χ0v) is 12.5. The fourth-order valence-corrected chi connectivity index (χ4v) is 2.21. The van der Waals surface area contributed by atoms with Crippen LogP contribution >= 0.6 is 0 Å². The number of urea groups is 1. The minimum Gasteiger partial charge on any atom is -0.370 e. The molecule has 0 bridgehead atoms. The van der Waals surface area contributed by atoms with E-state index in [1.54, 1.807) is 23.1 Å². The third-order valence-electron chi connectivity index (χ3n) is 3.62. The Morgan fingerprint density at radius 2 is 2.14 bits per heavy atom. The first-order valence-corrected chi connectivity index (χ1v) is 7.58. The number of unbranched alkanes of at least 4 members (excludes halogenated alkanes) is 2. The van der Waals surface area contributed by atoms with Gasteiger partial charge < -0.3 is 15.0 Å². The molecule has 116 valence electrons. The van der Waals surface area contributed by atoms with Crippen LogP contribution in [0.2, 0.25) is 0 Å². The number of nitrogens with one attached hydrogen (secondary N) is 1. The van der Waals surface area contributed by atoms with Crippen LogP contribution < -0.4 is 5.32 Å². The molecule has 0 aromatic heterocycles. The number of hydrogen-bond acceptors (Lipinski definition) is 2. The Kier molecular flexibility index (Phi) is 5.99. The second-order valence-electron chi connectivity index (χ2n) is 5.37. The molecule has 0 radical (unpaired) electrons. The van der Waals surface area contributed by atoms with E-state index in [2.05, 4.69) is 12.2 Å². The molecule has 1 aromatic rings. The van der Waals surface area contributed by atoms with E-state index >= 15 is 0 Å². The summed E-state index contributed by atoms with van der Waals surface area (Å²) in [5, 5.41) is 2.89. The quantitative estimate of drug-likeness (QED) is 0.786. The van der Waals surface area contributed by atoms with Gasteiger partial charge in [-0.15, -0.1) is 0 Å². The van der Waals surface area contributed by atoms with E-state index in [-0.39, 0.29) is 24.6 Å². The van der Waals surface area contributed by atoms with E-state index in [9.17, 15) is 9.18 Å². The van der Waals surface area contributed by atoms with Crippen LogP contribution in [0.25, 0.3) is 0 Å². The van der Waals surface area contributed by atoms with Gasteiger partial charge in [0.05, 0.1) is 25.8 Å². The maximum absolute atomic E-state index is 13.4. The molecule has 0 saturated carbocycles. The van der Waals surface area contributed by atoms with Crippen LogP contribution in [0.1, 0.15) is 31.7 Å². The second-order valence-corrected chi connectivity index (χ2v) is 5.37. The maximum atomic E-state index is 13.4. The van der Waals surface area contributed by atoms with Crippen molar-refractivity contribution in [3.63, 3.8) is 0 Å². The molecule has 1 fully saturated rings. The Morgan fingerprint density at radius 1 is 1.38 bits per heavy atom. The minimum absolute atomic E-state index is 0.00555. The van der Waals surface area contributed by atoms with Crippen LogP contribution in [0.3, 0.4) is 0 Å². The first kappa shape index (κ1) is 15.8. The molecule has 1 N–H and O–H groups in total. The Morgan fingerprint density at radius 3 is 2.86 bits per heavy atom. The van der Waals surface area contributed by atoms with Crippen LogP contribution in [0.15, 0.2) is 24.3 Å². The van der Waals surface area contributed by atoms with E-state index in [4.69, 9.17) is 4.74 Å². The van der Waals surface area contributed by atoms with Crippen molar-refractivity contribution in [1.29, 1.82) is 0 Å². The van der Waals surface area contributed by atoms with Crippen molar-refractivity contribution in [1.82, 2.24) is 10.2 Å². The Hall–Kier alpha value is -1.62. The van der Waals surface area contributed by atoms with Gasteiger partial charge in [-0.3, -0.25) is 0 Å². The highest BCUT2D eigenvalue weighted by molar-refractivity contribution is 5.75. The number of amides is 2. The second kappa shape index (κ2) is 7.98. The van der Waals surface area contributed by atoms with Gasteiger partial charge in [-0.05, 0) is 12.5 Å². The molecule has 0 atom stereocenters. The number of benzene rings is 1. The largest absolute Gasteiger partial charge is 0.370 e. The van der Waals surface area contributed by atoms with Crippen LogP contribution in [0, 0.1) is 5.82 Å². The fourth-order valence-electron chi connectivity index (χ4n) is 2.21. The van der Waals surface area contributed by atoms with E-state index in [0.717, 1.165) is 25.8 Å². The van der Waals surface area contributed by atoms with E-state index in [1.807, 2.05) is 0 Å². The number of ether oxygens (including phenoxy) is 1. The number of likely N-dealkylation sites (tertiary alicyclic amines) is 1. The molecule has 21 heavy (non-hydrogen) atoms. The van der Waals surface area contributed by atoms with Crippen molar-refractivity contribution in [2.75, 3.05) is 19.6 Å². The summed E-state index contributed by atoms with van der Waals surface area (Å²) in [6.45, 7) is 4.27. The molecule has 2 rings (SSSR count). The highest BCUT2D eigenvalue weighted by Gasteiger charge is 2.31. The number of nitrogens with zero attached hydrogens (tertiary/aromatic N) is 1. The standard InChI is InChI=1S/C16H23FN2O2/c1-2-3-6-9-18-16(20)19-10-14(11-19)21-12-13-7-4-5-8-15(13)17/h4-5,7-8,14H,2-3,6,9-12H2,1H3,(H,18,20). The molecular weight excluding hydrogens is 271 g/mol. The number of hydrogen-bond donors (Lipinski definition) is 1. The highest BCUT2D eigenvalue weighted by atomic mass is 19.1. The van der Waals surface area contributed by atoms with Gasteiger partial charge in [0.15, 0.2) is 0 Å². The predicted molar refractivity (Wildman–Crippen MR) is 79.5 cm³/mol. The molecule has 1 aliphatic heterocycles. The summed E-state index contributed by atoms with van der Waals surface area (Å²) in [5.74, 6) is -0.248. The van der Waals surface area contributed by atoms with Crippen molar-refractivity contribution in [2.45, 2.75) is 38.9 Å². The fraction of sp³-hybridized carbons (Fsp3) is 0.562. The molecule has 0 spiro atoms. The van der Waals surface area contributed by atoms with Gasteiger partial charge in [0.2, 0.25) is 0 Å². The summed E-state index contributed by atoms with van der Waals surface area (Å²) in [6, 6.07) is 6.56. The molecular formula is C16H23FN2O2. The van der Waals surface area contributed by atoms with E-state index in [0.29, 0.717) is 18.7 Å². The van der Waals surface area contributed by atoms with Gasteiger partial charge in [-0.2, -0.15) is 0 Å². The summed E-state index contributed by atoms with van der Waals surface area (Å²) in [7, 11) is 0. The number of carbonyl (C=O) groups is 1. The van der Waals surface area contributed by atoms with E-state index in [1.165, 1.54) is 6.07 Å². The summed E-state index contributed by atoms with van der Waals surface area (Å²) < 4.78 is 19.0. The monoisotopic (exact) mass is 294 g/mol. The number of carbonyl (C=O) groups excluding carboxylic acids is 1. The topological polar surface area (TPSA) is 41.6 Å². The van der Waals surface area contributed by atoms with Gasteiger partial charge >= 0.3 is 6.03 Å². The lowest BCUT2D eigenvalue weighted by Crippen LogP contribution is -2.57. The number of halogens is 1. The molecule has 0 aliphatic carbocycles. The zero-order chi connectivity index (χ0) is 15.1. The molecule has 1 aromatic carbocycles. The van der Waals surface area contributed by atoms with Gasteiger partial charge in [0.25, 0.3) is 0 Å². The number of rotatable bonds is 7. The summed E-state index contributed by atoms with van der Waals surface area (Å²) >= 11 is 0. The van der Waals surface area contributed by atoms with Crippen LogP contribution in [-0.4, -0.2) is 36.7 Å². The molecule has 1 heterocycles. The SMILES string of the molecule is CCCCCNC(=O)N1CC(OCc2ccccc2F)C1. The lowest BCUT2D eigenvalue weighted by molar-refractivity contribution is -0.0449. The van der Waals surface area contributed by atoms with Crippen LogP contribution in [0.4, 0.5) is 9.18 Å². The summed E-state index contributed by atoms with van der Waals surface area (Å²) in [6.07, 6.45) is 3.30. The summed E-state index contributed by atoms with van der Waals surface area (Å²) in [5.41, 5.74) is 0.556. The van der Waals surface area contributed by atoms with Gasteiger partial charge in [-0.25, -0.2) is 9.18 Å². The first-order valence-electron chi connectivity index (χ1n) is 7.58. The highest BCUT2D eigenvalue weighted by Crippen LogP contribution is 2.15. The van der Waals surface area contributed by atoms with Gasteiger partial charge in [-0.1, -0.05) is 38.0 Å². The van der Waals surface area contributed by atoms with Crippen molar-refractivity contribution in [2.24, 2.45) is 0 Å². The molecule has 1 saturated heterocycles. The normalized spacial score (nSPS) is 14.9. The maximum Gasteiger partial charge on any atom is 0.317 e. The van der Waals surface area contributed by atoms with Crippen molar-refractivity contribution >= 4 is 6.03 Å². The molecule has 5 heteroatoms. The van der Waals surface area contributed by atoms with Crippen molar-refractivity contribution < 1.29 is 13.9 Å². The Labute approximate surface area is 125 Å². The minimum atomic E-state index is -0.248. The third-order valence-corrected chi connectivity index (χ3v) is 3.62. The van der Waals surface area contributed by atoms with E-state index < -0.39 is 0 Å². The summed E-state index contributed by atoms with van der Waals surface area (Å²) in [4.78, 5) is 13.5. The van der Waals surface area contributed by atoms with Crippen LogP contribution in [0.5, 0.6) is 0 Å². The molecule has 1 aliphatic rings. The zero-order valence-electron chi connectivity index (χ0n) is 12.5. The first-order chi connectivity index (χ1) is 10.2. The average Bonchev–Trinajstić information content (AvgIpc) is 2.44. The molecule has 4 nitrogen and oxygen atoms in total. The predicted octanol–water partition coefficient (Wildman–Crippen LogP) is 2.93. The average molecular weight is 294 g/mol. The van der Waals surface area contributed by atoms with Gasteiger partial charge in [0.1, 0.15) is 5.82 Å². The third kappa shape index (κ3) is 4.70. The van der Waals surface area contributed by atoms with Crippen LogP contribution in [-0.2, 0) is 11.3 Å². The lowest BCUT2D eigenvalue weighted by Gasteiger charge is -2.38. The molecule has 2 amide bonds. The van der Waals surface area contributed by atoms with Gasteiger partial charge in [0, 0.05) is 12.1 Å². The van der Waals surface area contributed by atoms with Crippen molar-refractivity contribution in [3.8, 4) is 0 Å². The smallest absolute Gasteiger partial charge is 0.317 e. The lowest BCUT2D eigenvalue weighted by atomic mass is 10.1. The van der Waals surface area contributed by atoms with Crippen molar-refractivity contribution in [3.05, 3.63) is 35.6 Å².